The van der Waals surface area contributed by atoms with E-state index in [1.165, 1.54) is 14.2 Å². The largest absolute Gasteiger partial charge is 0.465 e. The minimum atomic E-state index is -0.390. The molecule has 8 bridgehead atoms. The van der Waals surface area contributed by atoms with Crippen LogP contribution >= 0.6 is 0 Å². The van der Waals surface area contributed by atoms with Crippen LogP contribution in [-0.4, -0.2) is 109 Å². The molecule has 2 aromatic heterocycles. The summed E-state index contributed by atoms with van der Waals surface area (Å²) in [5.74, 6) is 3.71. The number of amides is 2. The van der Waals surface area contributed by atoms with Crippen molar-refractivity contribution >= 4 is 35.4 Å². The summed E-state index contributed by atoms with van der Waals surface area (Å²) in [6, 6.07) is 7.36. The summed E-state index contributed by atoms with van der Waals surface area (Å²) in [7, 11) is 2.72. The molecular formula is C46H62N6O8. The average molecular weight is 827 g/mol. The number of rotatable bonds is 8. The van der Waals surface area contributed by atoms with Gasteiger partial charge in [-0.3, -0.25) is 9.59 Å². The van der Waals surface area contributed by atoms with Gasteiger partial charge in [0.1, 0.15) is 11.6 Å². The van der Waals surface area contributed by atoms with Crippen LogP contribution in [0.4, 0.5) is 11.6 Å². The zero-order chi connectivity index (χ0) is 41.8. The number of methoxy groups -OCH3 is 2. The number of aliphatic hydroxyl groups excluding tert-OH is 2. The van der Waals surface area contributed by atoms with E-state index < -0.39 is 11.9 Å². The molecule has 4 unspecified atom stereocenters. The quantitative estimate of drug-likeness (QED) is 0.278. The van der Waals surface area contributed by atoms with Crippen molar-refractivity contribution < 1.29 is 38.9 Å². The Morgan fingerprint density at radius 2 is 1.00 bits per heavy atom. The summed E-state index contributed by atoms with van der Waals surface area (Å²) in [5, 5.41) is 27.7. The van der Waals surface area contributed by atoms with Crippen molar-refractivity contribution in [1.29, 1.82) is 0 Å². The molecule has 10 aliphatic rings. The molecular weight excluding hydrogens is 765 g/mol. The fourth-order valence-electron chi connectivity index (χ4n) is 13.5. The highest BCUT2D eigenvalue weighted by atomic mass is 16.5. The molecule has 12 rings (SSSR count). The molecule has 4 heterocycles. The summed E-state index contributed by atoms with van der Waals surface area (Å²) in [4.78, 5) is 63.2. The molecule has 6 atom stereocenters. The summed E-state index contributed by atoms with van der Waals surface area (Å²) >= 11 is 0. The van der Waals surface area contributed by atoms with Gasteiger partial charge in [-0.15, -0.1) is 0 Å². The van der Waals surface area contributed by atoms with Crippen molar-refractivity contribution in [2.75, 3.05) is 50.2 Å². The van der Waals surface area contributed by atoms with E-state index >= 15 is 0 Å². The number of ether oxygens (including phenoxy) is 2. The van der Waals surface area contributed by atoms with Crippen LogP contribution in [0.25, 0.3) is 0 Å². The van der Waals surface area contributed by atoms with Crippen molar-refractivity contribution in [2.45, 2.75) is 114 Å². The number of esters is 2. The van der Waals surface area contributed by atoms with Gasteiger partial charge in [-0.1, -0.05) is 0 Å². The van der Waals surface area contributed by atoms with Gasteiger partial charge in [0.05, 0.1) is 48.4 Å². The molecule has 10 fully saturated rings. The molecule has 0 radical (unpaired) electrons. The van der Waals surface area contributed by atoms with Gasteiger partial charge in [0.15, 0.2) is 0 Å². The van der Waals surface area contributed by atoms with Gasteiger partial charge < -0.3 is 40.1 Å². The van der Waals surface area contributed by atoms with E-state index in [9.17, 15) is 29.4 Å². The fourth-order valence-corrected chi connectivity index (χ4v) is 13.5. The molecule has 2 saturated heterocycles. The number of carbonyl (C=O) groups is 4. The Balaban J connectivity index is 0.000000154. The van der Waals surface area contributed by atoms with E-state index in [2.05, 4.69) is 30.4 Å². The minimum Gasteiger partial charge on any atom is -0.465 e. The Morgan fingerprint density at radius 1 is 0.617 bits per heavy atom. The molecule has 2 aliphatic heterocycles. The SMILES string of the molecule is COC(=O)c1ccc(N2CCC[C@H](NC(=O)C34CC5CC(C3)C(O)C(C5)C4)C2)nc1.COC(=O)c1ccc(N2CCC[C@H](NC(=O)C34CC5CC(C3)C(O)C(C5)C4)C2)nc1. The second-order valence-electron chi connectivity index (χ2n) is 19.8. The van der Waals surface area contributed by atoms with Crippen LogP contribution < -0.4 is 20.4 Å². The van der Waals surface area contributed by atoms with Crippen molar-refractivity contribution in [1.82, 2.24) is 20.6 Å². The van der Waals surface area contributed by atoms with E-state index in [1.807, 2.05) is 12.1 Å². The first kappa shape index (κ1) is 41.1. The lowest BCUT2D eigenvalue weighted by Crippen LogP contribution is -2.60. The number of pyridine rings is 2. The molecule has 4 N–H and O–H groups in total. The van der Waals surface area contributed by atoms with Crippen LogP contribution in [0.1, 0.15) is 111 Å². The van der Waals surface area contributed by atoms with E-state index in [4.69, 9.17) is 9.47 Å². The van der Waals surface area contributed by atoms with Gasteiger partial charge >= 0.3 is 11.9 Å². The van der Waals surface area contributed by atoms with Crippen LogP contribution in [0.2, 0.25) is 0 Å². The molecule has 14 nitrogen and oxygen atoms in total. The van der Waals surface area contributed by atoms with Gasteiger partial charge in [-0.05, 0) is 150 Å². The summed E-state index contributed by atoms with van der Waals surface area (Å²) in [5.41, 5.74) is 0.343. The number of aromatic nitrogens is 2. The normalized spacial score (nSPS) is 37.1. The number of nitrogens with zero attached hydrogens (tertiary/aromatic N) is 4. The highest BCUT2D eigenvalue weighted by molar-refractivity contribution is 5.89. The maximum atomic E-state index is 13.4. The molecule has 324 valence electrons. The van der Waals surface area contributed by atoms with E-state index in [0.717, 1.165) is 128 Å². The van der Waals surface area contributed by atoms with Gasteiger partial charge in [-0.2, -0.15) is 0 Å². The predicted octanol–water partition coefficient (Wildman–Crippen LogP) is 4.28. The zero-order valence-electron chi connectivity index (χ0n) is 35.1. The average Bonchev–Trinajstić information content (AvgIpc) is 3.26. The maximum Gasteiger partial charge on any atom is 0.339 e. The summed E-state index contributed by atoms with van der Waals surface area (Å²) in [6.45, 7) is 3.23. The Labute approximate surface area is 352 Å². The molecule has 0 spiro atoms. The van der Waals surface area contributed by atoms with Crippen LogP contribution in [-0.2, 0) is 19.1 Å². The van der Waals surface area contributed by atoms with Crippen molar-refractivity contribution in [3.63, 3.8) is 0 Å². The Morgan fingerprint density at radius 3 is 1.33 bits per heavy atom. The minimum absolute atomic E-state index is 0.103. The first-order valence-corrected chi connectivity index (χ1v) is 22.5. The second-order valence-corrected chi connectivity index (χ2v) is 19.8. The lowest BCUT2D eigenvalue weighted by atomic mass is 9.48. The van der Waals surface area contributed by atoms with E-state index in [0.29, 0.717) is 46.6 Å². The maximum absolute atomic E-state index is 13.4. The topological polar surface area (TPSA) is 184 Å². The molecule has 60 heavy (non-hydrogen) atoms. The van der Waals surface area contributed by atoms with Gasteiger partial charge in [-0.25, -0.2) is 19.6 Å². The number of hydrogen-bond acceptors (Lipinski definition) is 12. The number of hydrogen-bond donors (Lipinski definition) is 4. The van der Waals surface area contributed by atoms with Gasteiger partial charge in [0.2, 0.25) is 11.8 Å². The third kappa shape index (κ3) is 7.87. The summed E-state index contributed by atoms with van der Waals surface area (Å²) in [6.07, 6.45) is 16.4. The van der Waals surface area contributed by atoms with Gasteiger partial charge in [0.25, 0.3) is 0 Å². The van der Waals surface area contributed by atoms with Crippen LogP contribution in [0.15, 0.2) is 36.7 Å². The predicted molar refractivity (Wildman–Crippen MR) is 222 cm³/mol. The molecule has 8 saturated carbocycles. The van der Waals surface area contributed by atoms with Crippen molar-refractivity contribution in [3.8, 4) is 0 Å². The number of carbonyl (C=O) groups excluding carboxylic acids is 4. The lowest BCUT2D eigenvalue weighted by molar-refractivity contribution is -0.164. The lowest BCUT2D eigenvalue weighted by Gasteiger charge is -2.58. The monoisotopic (exact) mass is 826 g/mol. The Bertz CT molecular complexity index is 1760. The van der Waals surface area contributed by atoms with Crippen molar-refractivity contribution in [2.24, 2.45) is 46.3 Å². The number of nitrogens with one attached hydrogen (secondary N) is 2. The standard InChI is InChI=1S/2C23H31N3O4/c2*1-30-21(28)15-4-5-19(24-12-15)26-6-2-3-18(13-26)25-22(29)23-9-14-7-16(10-23)20(27)17(8-14)11-23/h2*4-5,12,14,16-18,20,27H,2-3,6-11,13H2,1H3,(H,25,29)/t2*14?,16?,17?,18-,20?,23?/m00/s1. The van der Waals surface area contributed by atoms with Crippen LogP contribution in [0, 0.1) is 46.3 Å². The fraction of sp³-hybridized carbons (Fsp3) is 0.696. The highest BCUT2D eigenvalue weighted by Gasteiger charge is 2.59. The van der Waals surface area contributed by atoms with Crippen LogP contribution in [0.5, 0.6) is 0 Å². The van der Waals surface area contributed by atoms with Crippen molar-refractivity contribution in [3.05, 3.63) is 47.8 Å². The van der Waals surface area contributed by atoms with Gasteiger partial charge in [0, 0.05) is 50.7 Å². The molecule has 2 aromatic rings. The second kappa shape index (κ2) is 16.5. The highest BCUT2D eigenvalue weighted by Crippen LogP contribution is 2.61. The Kier molecular flexibility index (Phi) is 11.3. The molecule has 0 aromatic carbocycles. The first-order valence-electron chi connectivity index (χ1n) is 22.5. The molecule has 8 aliphatic carbocycles. The smallest absolute Gasteiger partial charge is 0.339 e. The zero-order valence-corrected chi connectivity index (χ0v) is 35.1. The third-order valence-corrected chi connectivity index (χ3v) is 15.9. The van der Waals surface area contributed by atoms with Crippen LogP contribution in [0.3, 0.4) is 0 Å². The molecule has 2 amide bonds. The third-order valence-electron chi connectivity index (χ3n) is 15.9. The number of piperidine rings is 2. The Hall–Kier alpha value is -4.30. The molecule has 14 heteroatoms. The summed E-state index contributed by atoms with van der Waals surface area (Å²) < 4.78 is 9.47. The van der Waals surface area contributed by atoms with E-state index in [1.54, 1.807) is 24.5 Å². The van der Waals surface area contributed by atoms with E-state index in [-0.39, 0.29) is 46.9 Å². The first-order chi connectivity index (χ1) is 28.9. The number of aliphatic hydroxyl groups is 2. The number of anilines is 2.